The molecule has 0 bridgehead atoms. The molecule has 1 aromatic rings. The molecule has 2 rings (SSSR count). The third-order valence-corrected chi connectivity index (χ3v) is 2.52. The molecule has 0 unspecified atom stereocenters. The van der Waals surface area contributed by atoms with Gasteiger partial charge in [-0.1, -0.05) is 18.2 Å². The average Bonchev–Trinajstić information content (AvgIpc) is 2.55. The predicted octanol–water partition coefficient (Wildman–Crippen LogP) is 0.830. The number of amides is 2. The highest BCUT2D eigenvalue weighted by Gasteiger charge is 2.35. The van der Waals surface area contributed by atoms with Gasteiger partial charge in [0.05, 0.1) is 23.8 Å². The lowest BCUT2D eigenvalue weighted by Crippen LogP contribution is -2.36. The molecule has 16 heavy (non-hydrogen) atoms. The van der Waals surface area contributed by atoms with Gasteiger partial charge in [-0.25, -0.2) is 0 Å². The Morgan fingerprint density at radius 3 is 2.19 bits per heavy atom. The third-order valence-electron chi connectivity index (χ3n) is 2.52. The Hall–Kier alpha value is -1.94. The monoisotopic (exact) mass is 217 g/mol. The van der Waals surface area contributed by atoms with Gasteiger partial charge in [-0.05, 0) is 12.1 Å². The van der Waals surface area contributed by atoms with Crippen LogP contribution in [0, 0.1) is 0 Å². The Balaban J connectivity index is 2.31. The highest BCUT2D eigenvalue weighted by molar-refractivity contribution is 6.21. The van der Waals surface area contributed by atoms with E-state index in [0.717, 1.165) is 4.90 Å². The van der Waals surface area contributed by atoms with Gasteiger partial charge >= 0.3 is 0 Å². The molecule has 0 radical (unpaired) electrons. The van der Waals surface area contributed by atoms with E-state index in [0.29, 0.717) is 11.1 Å². The molecule has 0 aliphatic carbocycles. The van der Waals surface area contributed by atoms with Crippen LogP contribution in [0.15, 0.2) is 36.9 Å². The van der Waals surface area contributed by atoms with Gasteiger partial charge in [0.25, 0.3) is 11.8 Å². The number of benzene rings is 1. The summed E-state index contributed by atoms with van der Waals surface area (Å²) in [5.74, 6) is -0.719. The number of hydrogen-bond donors (Lipinski definition) is 1. The number of β-amino-alcohol motifs (C(OH)–C–C–N with tert-alkyl or cyclic N) is 1. The van der Waals surface area contributed by atoms with Crippen LogP contribution in [0.5, 0.6) is 0 Å². The van der Waals surface area contributed by atoms with Crippen molar-refractivity contribution in [3.05, 3.63) is 48.0 Å². The zero-order chi connectivity index (χ0) is 11.7. The normalized spacial score (nSPS) is 16.2. The minimum atomic E-state index is -0.887. The maximum atomic E-state index is 11.8. The number of aliphatic hydroxyl groups excluding tert-OH is 1. The first-order chi connectivity index (χ1) is 7.65. The molecule has 1 heterocycles. The molecule has 0 aromatic heterocycles. The van der Waals surface area contributed by atoms with E-state index in [1.165, 1.54) is 6.08 Å². The summed E-state index contributed by atoms with van der Waals surface area (Å²) in [5, 5.41) is 9.37. The Kier molecular flexibility index (Phi) is 2.58. The van der Waals surface area contributed by atoms with Crippen LogP contribution in [0.4, 0.5) is 0 Å². The van der Waals surface area contributed by atoms with Crippen LogP contribution in [0.25, 0.3) is 0 Å². The van der Waals surface area contributed by atoms with Crippen LogP contribution in [-0.2, 0) is 0 Å². The van der Waals surface area contributed by atoms with Crippen molar-refractivity contribution in [3.8, 4) is 0 Å². The van der Waals surface area contributed by atoms with E-state index in [-0.39, 0.29) is 18.4 Å². The van der Waals surface area contributed by atoms with Crippen LogP contribution >= 0.6 is 0 Å². The molecule has 1 aliphatic heterocycles. The van der Waals surface area contributed by atoms with E-state index in [9.17, 15) is 14.7 Å². The largest absolute Gasteiger partial charge is 0.387 e. The Labute approximate surface area is 92.8 Å². The molecule has 0 fully saturated rings. The first-order valence-electron chi connectivity index (χ1n) is 4.91. The molecule has 1 N–H and O–H groups in total. The Morgan fingerprint density at radius 2 is 1.75 bits per heavy atom. The van der Waals surface area contributed by atoms with E-state index in [2.05, 4.69) is 6.58 Å². The second-order valence-electron chi connectivity index (χ2n) is 3.57. The molecule has 82 valence electrons. The number of carbonyl (C=O) groups is 2. The van der Waals surface area contributed by atoms with Crippen molar-refractivity contribution < 1.29 is 14.7 Å². The number of rotatable bonds is 3. The SMILES string of the molecule is C=C[C@@H](O)CN1C(=O)c2ccccc2C1=O. The summed E-state index contributed by atoms with van der Waals surface area (Å²) in [7, 11) is 0. The fourth-order valence-electron chi connectivity index (χ4n) is 1.67. The molecule has 1 atom stereocenters. The van der Waals surface area contributed by atoms with Gasteiger partial charge in [0.1, 0.15) is 0 Å². The summed E-state index contributed by atoms with van der Waals surface area (Å²) in [6.45, 7) is 3.36. The van der Waals surface area contributed by atoms with Crippen LogP contribution in [0.2, 0.25) is 0 Å². The van der Waals surface area contributed by atoms with Crippen molar-refractivity contribution in [2.75, 3.05) is 6.54 Å². The number of nitrogens with zero attached hydrogens (tertiary/aromatic N) is 1. The molecule has 4 heteroatoms. The lowest BCUT2D eigenvalue weighted by Gasteiger charge is -2.15. The van der Waals surface area contributed by atoms with Gasteiger partial charge in [-0.3, -0.25) is 14.5 Å². The standard InChI is InChI=1S/C12H11NO3/c1-2-8(14)7-13-11(15)9-5-3-4-6-10(9)12(13)16/h2-6,8,14H,1,7H2/t8-/m1/s1. The maximum absolute atomic E-state index is 11.8. The van der Waals surface area contributed by atoms with Gasteiger partial charge in [-0.2, -0.15) is 0 Å². The molecule has 1 aliphatic rings. The minimum absolute atomic E-state index is 0.0458. The van der Waals surface area contributed by atoms with E-state index >= 15 is 0 Å². The zero-order valence-corrected chi connectivity index (χ0v) is 8.59. The van der Waals surface area contributed by atoms with Crippen molar-refractivity contribution >= 4 is 11.8 Å². The second-order valence-corrected chi connectivity index (χ2v) is 3.57. The van der Waals surface area contributed by atoms with Crippen LogP contribution < -0.4 is 0 Å². The van der Waals surface area contributed by atoms with Gasteiger partial charge in [0.2, 0.25) is 0 Å². The second kappa shape index (κ2) is 3.90. The molecule has 4 nitrogen and oxygen atoms in total. The van der Waals surface area contributed by atoms with Crippen molar-refractivity contribution in [1.29, 1.82) is 0 Å². The average molecular weight is 217 g/mol. The summed E-state index contributed by atoms with van der Waals surface area (Å²) in [6, 6.07) is 6.63. The van der Waals surface area contributed by atoms with E-state index in [4.69, 9.17) is 0 Å². The molecule has 0 saturated heterocycles. The van der Waals surface area contributed by atoms with Gasteiger partial charge in [0.15, 0.2) is 0 Å². The summed E-state index contributed by atoms with van der Waals surface area (Å²) >= 11 is 0. The molecule has 1 aromatic carbocycles. The number of aliphatic hydroxyl groups is 1. The summed E-state index contributed by atoms with van der Waals surface area (Å²) in [6.07, 6.45) is 0.408. The minimum Gasteiger partial charge on any atom is -0.387 e. The highest BCUT2D eigenvalue weighted by atomic mass is 16.3. The number of hydrogen-bond acceptors (Lipinski definition) is 3. The van der Waals surface area contributed by atoms with Crippen molar-refractivity contribution in [2.45, 2.75) is 6.10 Å². The maximum Gasteiger partial charge on any atom is 0.261 e. The van der Waals surface area contributed by atoms with Gasteiger partial charge in [-0.15, -0.1) is 6.58 Å². The molecule has 0 spiro atoms. The van der Waals surface area contributed by atoms with Crippen molar-refractivity contribution in [2.24, 2.45) is 0 Å². The summed E-state index contributed by atoms with van der Waals surface area (Å²) in [4.78, 5) is 24.7. The molecular weight excluding hydrogens is 206 g/mol. The number of imide groups is 1. The summed E-state index contributed by atoms with van der Waals surface area (Å²) in [5.41, 5.74) is 0.785. The molecule has 0 saturated carbocycles. The fourth-order valence-corrected chi connectivity index (χ4v) is 1.67. The summed E-state index contributed by atoms with van der Waals surface area (Å²) < 4.78 is 0. The van der Waals surface area contributed by atoms with Gasteiger partial charge < -0.3 is 5.11 Å². The van der Waals surface area contributed by atoms with E-state index < -0.39 is 6.10 Å². The van der Waals surface area contributed by atoms with E-state index in [1.807, 2.05) is 0 Å². The van der Waals surface area contributed by atoms with Crippen molar-refractivity contribution in [1.82, 2.24) is 4.90 Å². The quantitative estimate of drug-likeness (QED) is 0.602. The number of carbonyl (C=O) groups excluding carboxylic acids is 2. The Morgan fingerprint density at radius 1 is 1.25 bits per heavy atom. The first kappa shape index (κ1) is 10.6. The molecular formula is C12H11NO3. The van der Waals surface area contributed by atoms with Crippen molar-refractivity contribution in [3.63, 3.8) is 0 Å². The lowest BCUT2D eigenvalue weighted by molar-refractivity contribution is 0.0586. The topological polar surface area (TPSA) is 57.6 Å². The zero-order valence-electron chi connectivity index (χ0n) is 8.59. The van der Waals surface area contributed by atoms with E-state index in [1.54, 1.807) is 24.3 Å². The van der Waals surface area contributed by atoms with Crippen LogP contribution in [-0.4, -0.2) is 34.5 Å². The third kappa shape index (κ3) is 1.53. The fraction of sp³-hybridized carbons (Fsp3) is 0.167. The first-order valence-corrected chi connectivity index (χ1v) is 4.91. The predicted molar refractivity (Wildman–Crippen MR) is 58.0 cm³/mol. The van der Waals surface area contributed by atoms with Crippen LogP contribution in [0.3, 0.4) is 0 Å². The Bertz CT molecular complexity index is 432. The number of fused-ring (bicyclic) bond motifs is 1. The smallest absolute Gasteiger partial charge is 0.261 e. The molecule has 2 amide bonds. The highest BCUT2D eigenvalue weighted by Crippen LogP contribution is 2.22. The van der Waals surface area contributed by atoms with Crippen LogP contribution in [0.1, 0.15) is 20.7 Å². The lowest BCUT2D eigenvalue weighted by atomic mass is 10.1. The van der Waals surface area contributed by atoms with Gasteiger partial charge in [0, 0.05) is 0 Å².